The van der Waals surface area contributed by atoms with Crippen LogP contribution in [-0.2, 0) is 0 Å². The van der Waals surface area contributed by atoms with Crippen molar-refractivity contribution in [3.63, 3.8) is 0 Å². The molecule has 1 radical (unpaired) electrons. The smallest absolute Gasteiger partial charge is 0.113 e. The van der Waals surface area contributed by atoms with Crippen LogP contribution in [0.2, 0.25) is 0 Å². The largest absolute Gasteiger partial charge is 0.150 e. The Hall–Kier alpha value is -1.70. The highest BCUT2D eigenvalue weighted by Gasteiger charge is 2.02. The van der Waals surface area contributed by atoms with Crippen LogP contribution in [-0.4, -0.2) is 10.2 Å². The highest BCUT2D eigenvalue weighted by molar-refractivity contribution is 5.63. The maximum absolute atomic E-state index is 4.03. The summed E-state index contributed by atoms with van der Waals surface area (Å²) in [5.41, 5.74) is 4.53. The van der Waals surface area contributed by atoms with Gasteiger partial charge in [0.05, 0.1) is 5.69 Å². The number of hydrogen-bond acceptors (Lipinski definition) is 2. The minimum absolute atomic E-state index is 0.904. The van der Waals surface area contributed by atoms with Gasteiger partial charge < -0.3 is 0 Å². The molecule has 69 valence electrons. The average Bonchev–Trinajstić information content (AvgIpc) is 2.19. The number of nitrogens with zero attached hydrogens (tertiary/aromatic N) is 2. The molecular weight excluding hydrogens is 172 g/mol. The van der Waals surface area contributed by atoms with Gasteiger partial charge in [-0.25, -0.2) is 0 Å². The Morgan fingerprint density at radius 1 is 1.14 bits per heavy atom. The third kappa shape index (κ3) is 1.64. The highest BCUT2D eigenvalue weighted by Crippen LogP contribution is 2.20. The SMILES string of the molecule is Cc1ccc(-c2cc[c]nn2)c(C)c1. The van der Waals surface area contributed by atoms with Gasteiger partial charge in [-0.2, -0.15) is 0 Å². The molecule has 0 aliphatic carbocycles. The molecule has 0 saturated heterocycles. The van der Waals surface area contributed by atoms with E-state index in [0.29, 0.717) is 0 Å². The van der Waals surface area contributed by atoms with E-state index in [9.17, 15) is 0 Å². The van der Waals surface area contributed by atoms with Crippen molar-refractivity contribution in [2.45, 2.75) is 13.8 Å². The Morgan fingerprint density at radius 2 is 2.00 bits per heavy atom. The van der Waals surface area contributed by atoms with Crippen molar-refractivity contribution >= 4 is 0 Å². The molecule has 14 heavy (non-hydrogen) atoms. The van der Waals surface area contributed by atoms with Crippen molar-refractivity contribution in [2.24, 2.45) is 0 Å². The summed E-state index contributed by atoms with van der Waals surface area (Å²) < 4.78 is 0. The molecule has 0 aliphatic heterocycles. The topological polar surface area (TPSA) is 25.8 Å². The lowest BCUT2D eigenvalue weighted by Gasteiger charge is -2.04. The van der Waals surface area contributed by atoms with E-state index in [1.165, 1.54) is 11.1 Å². The zero-order valence-corrected chi connectivity index (χ0v) is 8.28. The van der Waals surface area contributed by atoms with Gasteiger partial charge in [-0.1, -0.05) is 23.8 Å². The molecule has 0 bridgehead atoms. The molecule has 0 fully saturated rings. The fourth-order valence-electron chi connectivity index (χ4n) is 1.51. The number of aromatic nitrogens is 2. The molecule has 0 amide bonds. The van der Waals surface area contributed by atoms with Gasteiger partial charge in [0.1, 0.15) is 6.20 Å². The van der Waals surface area contributed by atoms with Gasteiger partial charge in [0.2, 0.25) is 0 Å². The van der Waals surface area contributed by atoms with Gasteiger partial charge >= 0.3 is 0 Å². The van der Waals surface area contributed by atoms with Crippen LogP contribution in [0.4, 0.5) is 0 Å². The summed E-state index contributed by atoms with van der Waals surface area (Å²) in [5, 5.41) is 7.78. The Kier molecular flexibility index (Phi) is 2.27. The fraction of sp³-hybridized carbons (Fsp3) is 0.167. The average molecular weight is 183 g/mol. The summed E-state index contributed by atoms with van der Waals surface area (Å²) >= 11 is 0. The van der Waals surface area contributed by atoms with Gasteiger partial charge in [-0.05, 0) is 31.5 Å². The first-order valence-corrected chi connectivity index (χ1v) is 4.55. The van der Waals surface area contributed by atoms with Crippen molar-refractivity contribution in [2.75, 3.05) is 0 Å². The van der Waals surface area contributed by atoms with Crippen molar-refractivity contribution in [1.82, 2.24) is 10.2 Å². The molecule has 2 nitrogen and oxygen atoms in total. The van der Waals surface area contributed by atoms with Gasteiger partial charge in [-0.15, -0.1) is 10.2 Å². The Bertz CT molecular complexity index is 435. The van der Waals surface area contributed by atoms with Crippen LogP contribution in [0.5, 0.6) is 0 Å². The van der Waals surface area contributed by atoms with Crippen LogP contribution in [0.3, 0.4) is 0 Å². The zero-order chi connectivity index (χ0) is 9.97. The molecular formula is C12H11N2. The van der Waals surface area contributed by atoms with Gasteiger partial charge in [0.25, 0.3) is 0 Å². The lowest BCUT2D eigenvalue weighted by atomic mass is 10.0. The van der Waals surface area contributed by atoms with E-state index in [4.69, 9.17) is 0 Å². The van der Waals surface area contributed by atoms with Gasteiger partial charge in [0.15, 0.2) is 0 Å². The van der Waals surface area contributed by atoms with Crippen molar-refractivity contribution in [1.29, 1.82) is 0 Å². The number of hydrogen-bond donors (Lipinski definition) is 0. The maximum atomic E-state index is 4.03. The molecule has 0 saturated carbocycles. The van der Waals surface area contributed by atoms with Crippen molar-refractivity contribution in [3.05, 3.63) is 47.7 Å². The van der Waals surface area contributed by atoms with Crippen LogP contribution in [0.25, 0.3) is 11.3 Å². The van der Waals surface area contributed by atoms with Crippen molar-refractivity contribution in [3.8, 4) is 11.3 Å². The first kappa shape index (κ1) is 8.88. The van der Waals surface area contributed by atoms with E-state index >= 15 is 0 Å². The monoisotopic (exact) mass is 183 g/mol. The van der Waals surface area contributed by atoms with Crippen LogP contribution in [0.1, 0.15) is 11.1 Å². The molecule has 0 aliphatic rings. The number of aryl methyl sites for hydroxylation is 2. The molecule has 2 heteroatoms. The quantitative estimate of drug-likeness (QED) is 0.679. The second kappa shape index (κ2) is 3.58. The third-order valence-corrected chi connectivity index (χ3v) is 2.19. The first-order chi connectivity index (χ1) is 6.77. The molecule has 0 spiro atoms. The number of rotatable bonds is 1. The summed E-state index contributed by atoms with van der Waals surface area (Å²) in [6, 6.07) is 10.0. The summed E-state index contributed by atoms with van der Waals surface area (Å²) in [4.78, 5) is 0. The van der Waals surface area contributed by atoms with Crippen molar-refractivity contribution < 1.29 is 0 Å². The van der Waals surface area contributed by atoms with Crippen LogP contribution in [0.15, 0.2) is 30.3 Å². The second-order valence-electron chi connectivity index (χ2n) is 3.37. The molecule has 2 rings (SSSR count). The molecule has 0 unspecified atom stereocenters. The lowest BCUT2D eigenvalue weighted by molar-refractivity contribution is 1.03. The summed E-state index contributed by atoms with van der Waals surface area (Å²) in [6.45, 7) is 4.17. The Labute approximate surface area is 83.6 Å². The first-order valence-electron chi connectivity index (χ1n) is 4.55. The summed E-state index contributed by atoms with van der Waals surface area (Å²) in [7, 11) is 0. The Balaban J connectivity index is 2.53. The van der Waals surface area contributed by atoms with Gasteiger partial charge in [0, 0.05) is 5.56 Å². The molecule has 0 N–H and O–H groups in total. The Morgan fingerprint density at radius 3 is 2.64 bits per heavy atom. The van der Waals surface area contributed by atoms with E-state index in [-0.39, 0.29) is 0 Å². The van der Waals surface area contributed by atoms with Gasteiger partial charge in [-0.3, -0.25) is 0 Å². The molecule has 0 atom stereocenters. The lowest BCUT2D eigenvalue weighted by Crippen LogP contribution is -1.89. The van der Waals surface area contributed by atoms with E-state index in [0.717, 1.165) is 11.3 Å². The molecule has 1 aromatic heterocycles. The summed E-state index contributed by atoms with van der Waals surface area (Å²) in [5.74, 6) is 0. The van der Waals surface area contributed by atoms with E-state index < -0.39 is 0 Å². The van der Waals surface area contributed by atoms with Crippen LogP contribution >= 0.6 is 0 Å². The maximum Gasteiger partial charge on any atom is 0.113 e. The highest BCUT2D eigenvalue weighted by atomic mass is 15.1. The van der Waals surface area contributed by atoms with E-state index in [2.05, 4.69) is 48.4 Å². The minimum atomic E-state index is 0.904. The minimum Gasteiger partial charge on any atom is -0.150 e. The molecule has 1 heterocycles. The van der Waals surface area contributed by atoms with E-state index in [1.807, 2.05) is 6.07 Å². The standard InChI is InChI=1S/C12H11N2/c1-9-5-6-11(10(2)8-9)12-4-3-7-13-14-12/h3-6,8H,1-2H3. The molecule has 1 aromatic carbocycles. The predicted molar refractivity (Wildman–Crippen MR) is 55.8 cm³/mol. The zero-order valence-electron chi connectivity index (χ0n) is 8.28. The van der Waals surface area contributed by atoms with E-state index in [1.54, 1.807) is 6.07 Å². The summed E-state index contributed by atoms with van der Waals surface area (Å²) in [6.07, 6.45) is 2.67. The van der Waals surface area contributed by atoms with Crippen LogP contribution in [0, 0.1) is 20.0 Å². The predicted octanol–water partition coefficient (Wildman–Crippen LogP) is 2.56. The molecule has 2 aromatic rings. The number of benzene rings is 1. The normalized spacial score (nSPS) is 10.1. The third-order valence-electron chi connectivity index (χ3n) is 2.19. The van der Waals surface area contributed by atoms with Crippen LogP contribution < -0.4 is 0 Å². The second-order valence-corrected chi connectivity index (χ2v) is 3.37. The fourth-order valence-corrected chi connectivity index (χ4v) is 1.51.